The molecule has 0 aliphatic heterocycles. The maximum atomic E-state index is 10.5. The fraction of sp³-hybridized carbons (Fsp3) is 0.500. The van der Waals surface area contributed by atoms with Crippen molar-refractivity contribution in [1.29, 1.82) is 0 Å². The Morgan fingerprint density at radius 2 is 2.36 bits per heavy atom. The Bertz CT molecular complexity index is 341. The van der Waals surface area contributed by atoms with Gasteiger partial charge in [-0.3, -0.25) is 4.90 Å². The zero-order valence-electron chi connectivity index (χ0n) is 8.06. The van der Waals surface area contributed by atoms with Gasteiger partial charge in [0.15, 0.2) is 0 Å². The summed E-state index contributed by atoms with van der Waals surface area (Å²) >= 11 is 0. The van der Waals surface area contributed by atoms with Gasteiger partial charge in [-0.1, -0.05) is 0 Å². The minimum absolute atomic E-state index is 0.0178. The van der Waals surface area contributed by atoms with E-state index in [1.165, 1.54) is 18.9 Å². The second-order valence-electron chi connectivity index (χ2n) is 3.72. The monoisotopic (exact) mass is 195 g/mol. The van der Waals surface area contributed by atoms with Crippen molar-refractivity contribution in [3.05, 3.63) is 23.7 Å². The van der Waals surface area contributed by atoms with E-state index < -0.39 is 5.97 Å². The van der Waals surface area contributed by atoms with Gasteiger partial charge in [0.25, 0.3) is 0 Å². The van der Waals surface area contributed by atoms with Crippen LogP contribution >= 0.6 is 0 Å². The highest BCUT2D eigenvalue weighted by atomic mass is 16.4. The maximum absolute atomic E-state index is 10.5. The number of furan rings is 1. The van der Waals surface area contributed by atoms with Crippen LogP contribution in [0.25, 0.3) is 0 Å². The zero-order valence-corrected chi connectivity index (χ0v) is 8.06. The lowest BCUT2D eigenvalue weighted by Crippen LogP contribution is -2.19. The third-order valence-corrected chi connectivity index (χ3v) is 2.45. The lowest BCUT2D eigenvalue weighted by molar-refractivity contribution is 0.0658. The van der Waals surface area contributed by atoms with Gasteiger partial charge in [-0.2, -0.15) is 0 Å². The van der Waals surface area contributed by atoms with Gasteiger partial charge in [-0.15, -0.1) is 0 Å². The Hall–Kier alpha value is -1.29. The molecule has 2 rings (SSSR count). The van der Waals surface area contributed by atoms with Crippen molar-refractivity contribution >= 4 is 5.97 Å². The third-order valence-electron chi connectivity index (χ3n) is 2.45. The van der Waals surface area contributed by atoms with Crippen molar-refractivity contribution in [2.24, 2.45) is 0 Å². The van der Waals surface area contributed by atoms with Gasteiger partial charge in [0.05, 0.1) is 6.54 Å². The van der Waals surface area contributed by atoms with Crippen molar-refractivity contribution in [2.45, 2.75) is 25.4 Å². The number of carboxylic acids is 1. The SMILES string of the molecule is CN(Cc1ccc(C(=O)O)o1)C1CC1. The fourth-order valence-corrected chi connectivity index (χ4v) is 1.47. The number of nitrogens with zero attached hydrogens (tertiary/aromatic N) is 1. The Morgan fingerprint density at radius 3 is 2.86 bits per heavy atom. The Morgan fingerprint density at radius 1 is 1.64 bits per heavy atom. The predicted octanol–water partition coefficient (Wildman–Crippen LogP) is 1.57. The van der Waals surface area contributed by atoms with E-state index >= 15 is 0 Å². The Kier molecular flexibility index (Phi) is 2.29. The molecule has 0 amide bonds. The lowest BCUT2D eigenvalue weighted by Gasteiger charge is -2.12. The highest BCUT2D eigenvalue weighted by Crippen LogP contribution is 2.26. The first-order chi connectivity index (χ1) is 6.66. The van der Waals surface area contributed by atoms with E-state index in [1.807, 2.05) is 7.05 Å². The van der Waals surface area contributed by atoms with Crippen molar-refractivity contribution in [2.75, 3.05) is 7.05 Å². The van der Waals surface area contributed by atoms with E-state index in [0.717, 1.165) is 5.76 Å². The molecule has 0 atom stereocenters. The van der Waals surface area contributed by atoms with Gasteiger partial charge in [-0.05, 0) is 32.0 Å². The van der Waals surface area contributed by atoms with E-state index in [-0.39, 0.29) is 5.76 Å². The molecular formula is C10H13NO3. The van der Waals surface area contributed by atoms with Crippen molar-refractivity contribution in [3.63, 3.8) is 0 Å². The van der Waals surface area contributed by atoms with E-state index in [2.05, 4.69) is 4.90 Å². The molecule has 0 radical (unpaired) electrons. The average molecular weight is 195 g/mol. The molecule has 0 spiro atoms. The first-order valence-electron chi connectivity index (χ1n) is 4.69. The lowest BCUT2D eigenvalue weighted by atomic mass is 10.4. The number of hydrogen-bond donors (Lipinski definition) is 1. The largest absolute Gasteiger partial charge is 0.475 e. The molecule has 4 heteroatoms. The molecule has 1 aliphatic rings. The number of aromatic carboxylic acids is 1. The van der Waals surface area contributed by atoms with Crippen LogP contribution < -0.4 is 0 Å². The molecule has 1 fully saturated rings. The summed E-state index contributed by atoms with van der Waals surface area (Å²) in [6.07, 6.45) is 2.48. The van der Waals surface area contributed by atoms with Crippen LogP contribution in [0.3, 0.4) is 0 Å². The van der Waals surface area contributed by atoms with E-state index in [4.69, 9.17) is 9.52 Å². The van der Waals surface area contributed by atoms with Crippen molar-refractivity contribution < 1.29 is 14.3 Å². The highest BCUT2D eigenvalue weighted by molar-refractivity contribution is 5.84. The second-order valence-corrected chi connectivity index (χ2v) is 3.72. The quantitative estimate of drug-likeness (QED) is 0.792. The van der Waals surface area contributed by atoms with E-state index in [9.17, 15) is 4.79 Å². The number of hydrogen-bond acceptors (Lipinski definition) is 3. The smallest absolute Gasteiger partial charge is 0.371 e. The summed E-state index contributed by atoms with van der Waals surface area (Å²) in [5, 5.41) is 8.65. The maximum Gasteiger partial charge on any atom is 0.371 e. The summed E-state index contributed by atoms with van der Waals surface area (Å²) in [7, 11) is 2.03. The molecule has 1 aromatic heterocycles. The molecule has 14 heavy (non-hydrogen) atoms. The minimum Gasteiger partial charge on any atom is -0.475 e. The highest BCUT2D eigenvalue weighted by Gasteiger charge is 2.26. The van der Waals surface area contributed by atoms with Gasteiger partial charge in [0.1, 0.15) is 5.76 Å². The second kappa shape index (κ2) is 3.46. The third kappa shape index (κ3) is 1.96. The first-order valence-corrected chi connectivity index (χ1v) is 4.69. The number of carbonyl (C=O) groups is 1. The summed E-state index contributed by atoms with van der Waals surface area (Å²) in [4.78, 5) is 12.7. The van der Waals surface area contributed by atoms with Gasteiger partial charge in [0.2, 0.25) is 5.76 Å². The van der Waals surface area contributed by atoms with Crippen LogP contribution in [0.5, 0.6) is 0 Å². The summed E-state index contributed by atoms with van der Waals surface area (Å²) < 4.78 is 5.15. The van der Waals surface area contributed by atoms with Crippen LogP contribution in [0.4, 0.5) is 0 Å². The molecule has 1 N–H and O–H groups in total. The van der Waals surface area contributed by atoms with Crippen LogP contribution in [-0.4, -0.2) is 29.1 Å². The van der Waals surface area contributed by atoms with Crippen LogP contribution in [0.1, 0.15) is 29.2 Å². The van der Waals surface area contributed by atoms with Gasteiger partial charge in [0, 0.05) is 6.04 Å². The standard InChI is InChI=1S/C10H13NO3/c1-11(7-2-3-7)6-8-4-5-9(14-8)10(12)13/h4-5,7H,2-3,6H2,1H3,(H,12,13). The van der Waals surface area contributed by atoms with E-state index in [1.54, 1.807) is 6.07 Å². The van der Waals surface area contributed by atoms with Crippen molar-refractivity contribution in [1.82, 2.24) is 4.90 Å². The molecule has 1 aliphatic carbocycles. The topological polar surface area (TPSA) is 53.7 Å². The molecule has 0 bridgehead atoms. The molecule has 1 aromatic rings. The van der Waals surface area contributed by atoms with Crippen LogP contribution in [-0.2, 0) is 6.54 Å². The number of carboxylic acid groups (broad SMARTS) is 1. The van der Waals surface area contributed by atoms with Crippen molar-refractivity contribution in [3.8, 4) is 0 Å². The molecular weight excluding hydrogens is 182 g/mol. The summed E-state index contributed by atoms with van der Waals surface area (Å²) in [5.74, 6) is -0.272. The van der Waals surface area contributed by atoms with Gasteiger partial charge in [-0.25, -0.2) is 4.79 Å². The summed E-state index contributed by atoms with van der Waals surface area (Å²) in [6.45, 7) is 0.692. The molecule has 4 nitrogen and oxygen atoms in total. The minimum atomic E-state index is -1.01. The molecule has 1 heterocycles. The molecule has 0 saturated heterocycles. The normalized spacial score (nSPS) is 16.1. The Labute approximate surface area is 82.1 Å². The van der Waals surface area contributed by atoms with Crippen LogP contribution in [0.15, 0.2) is 16.5 Å². The molecule has 0 unspecified atom stereocenters. The van der Waals surface area contributed by atoms with Crippen LogP contribution in [0.2, 0.25) is 0 Å². The average Bonchev–Trinajstić information content (AvgIpc) is 2.87. The number of rotatable bonds is 4. The molecule has 1 saturated carbocycles. The van der Waals surface area contributed by atoms with Gasteiger partial charge >= 0.3 is 5.97 Å². The van der Waals surface area contributed by atoms with E-state index in [0.29, 0.717) is 12.6 Å². The molecule has 76 valence electrons. The summed E-state index contributed by atoms with van der Waals surface area (Å²) in [6, 6.07) is 3.88. The summed E-state index contributed by atoms with van der Waals surface area (Å²) in [5.41, 5.74) is 0. The van der Waals surface area contributed by atoms with Crippen LogP contribution in [0, 0.1) is 0 Å². The predicted molar refractivity (Wildman–Crippen MR) is 50.2 cm³/mol. The molecule has 0 aromatic carbocycles. The fourth-order valence-electron chi connectivity index (χ4n) is 1.47. The Balaban J connectivity index is 1.98. The van der Waals surface area contributed by atoms with Gasteiger partial charge < -0.3 is 9.52 Å². The zero-order chi connectivity index (χ0) is 10.1. The first kappa shape index (κ1) is 9.27.